The van der Waals surface area contributed by atoms with Crippen LogP contribution in [0.15, 0.2) is 35.4 Å². The molecule has 5 rings (SSSR count). The van der Waals surface area contributed by atoms with E-state index in [9.17, 15) is 18.3 Å². The molecule has 2 aromatic heterocycles. The molecule has 0 radical (unpaired) electrons. The largest absolute Gasteiger partial charge is 0.420 e. The zero-order chi connectivity index (χ0) is 31.1. The first-order valence-corrected chi connectivity index (χ1v) is 16.2. The van der Waals surface area contributed by atoms with Crippen LogP contribution in [0.5, 0.6) is 0 Å². The van der Waals surface area contributed by atoms with E-state index >= 15 is 0 Å². The monoisotopic (exact) mass is 654 g/mol. The number of methoxy groups -OCH3 is 1. The summed E-state index contributed by atoms with van der Waals surface area (Å²) in [5, 5.41) is 12.4. The van der Waals surface area contributed by atoms with Crippen LogP contribution in [0.3, 0.4) is 0 Å². The second-order valence-corrected chi connectivity index (χ2v) is 12.7. The Bertz CT molecular complexity index is 1400. The van der Waals surface area contributed by atoms with Crippen molar-refractivity contribution in [3.8, 4) is 10.6 Å². The molecule has 0 saturated carbocycles. The van der Waals surface area contributed by atoms with Gasteiger partial charge in [-0.1, -0.05) is 19.1 Å². The van der Waals surface area contributed by atoms with E-state index in [-0.39, 0.29) is 18.2 Å². The molecule has 2 aliphatic heterocycles. The van der Waals surface area contributed by atoms with E-state index in [4.69, 9.17) is 12.2 Å². The minimum atomic E-state index is -4.60. The number of ether oxygens (including phenoxy) is 1. The van der Waals surface area contributed by atoms with Crippen LogP contribution in [0.4, 0.5) is 30.5 Å². The van der Waals surface area contributed by atoms with Crippen molar-refractivity contribution in [1.29, 1.82) is 0 Å². The van der Waals surface area contributed by atoms with Crippen molar-refractivity contribution in [2.24, 2.45) is 0 Å². The first-order valence-electron chi connectivity index (χ1n) is 13.9. The van der Waals surface area contributed by atoms with Gasteiger partial charge in [-0.25, -0.2) is 9.97 Å². The van der Waals surface area contributed by atoms with Crippen molar-refractivity contribution < 1.29 is 23.0 Å². The Balaban J connectivity index is 0.00000135. The van der Waals surface area contributed by atoms with E-state index in [1.807, 2.05) is 31.0 Å². The van der Waals surface area contributed by atoms with E-state index in [0.717, 1.165) is 77.8 Å². The number of rotatable bonds is 7. The lowest BCUT2D eigenvalue weighted by Gasteiger charge is -2.36. The minimum absolute atomic E-state index is 0.110. The van der Waals surface area contributed by atoms with Crippen LogP contribution >= 0.6 is 35.3 Å². The van der Waals surface area contributed by atoms with Gasteiger partial charge in [-0.05, 0) is 36.2 Å². The third-order valence-corrected chi connectivity index (χ3v) is 10.1. The van der Waals surface area contributed by atoms with Crippen LogP contribution in [0.25, 0.3) is 10.6 Å². The minimum Gasteiger partial charge on any atom is -0.395 e. The molecule has 234 valence electrons. The normalized spacial score (nSPS) is 16.0. The molecule has 0 aliphatic carbocycles. The second kappa shape index (κ2) is 15.0. The molecule has 1 aromatic carbocycles. The fourth-order valence-electron chi connectivity index (χ4n) is 4.83. The average Bonchev–Trinajstić information content (AvgIpc) is 3.36. The number of β-amino-alcohol motifs (C(OH)–C–C–N with tert-alkyl or cyclic N) is 1. The highest BCUT2D eigenvalue weighted by atomic mass is 32.2. The number of nitrogens with one attached hydrogen (secondary N) is 1. The summed E-state index contributed by atoms with van der Waals surface area (Å²) in [6, 6.07) is 7.83. The van der Waals surface area contributed by atoms with Crippen molar-refractivity contribution in [2.45, 2.75) is 24.4 Å². The van der Waals surface area contributed by atoms with Gasteiger partial charge in [-0.2, -0.15) is 13.2 Å². The Morgan fingerprint density at radius 2 is 1.84 bits per heavy atom. The van der Waals surface area contributed by atoms with Crippen LogP contribution in [0, 0.1) is 0 Å². The maximum absolute atomic E-state index is 14.0. The summed E-state index contributed by atoms with van der Waals surface area (Å²) in [5.74, 6) is 0.912. The number of hydrogen-bond acceptors (Lipinski definition) is 10. The molecule has 8 nitrogen and oxygen atoms in total. The van der Waals surface area contributed by atoms with Crippen LogP contribution in [0.1, 0.15) is 22.9 Å². The number of thiophene rings is 1. The Morgan fingerprint density at radius 3 is 2.49 bits per heavy atom. The van der Waals surface area contributed by atoms with E-state index < -0.39 is 11.7 Å². The Labute approximate surface area is 264 Å². The number of piperazine rings is 1. The number of halogens is 3. The van der Waals surface area contributed by atoms with Crippen LogP contribution in [-0.2, 0) is 17.3 Å². The summed E-state index contributed by atoms with van der Waals surface area (Å²) in [7, 11) is 5.15. The summed E-state index contributed by atoms with van der Waals surface area (Å²) < 4.78 is 46.3. The van der Waals surface area contributed by atoms with Gasteiger partial charge in [0.1, 0.15) is 10.6 Å². The molecular formula is C29H37F3N6O2S3. The molecular weight excluding hydrogens is 618 g/mol. The summed E-state index contributed by atoms with van der Waals surface area (Å²) in [6.07, 6.45) is -3.01. The van der Waals surface area contributed by atoms with Crippen molar-refractivity contribution in [1.82, 2.24) is 19.8 Å². The number of nitrogens with zero attached hydrogens (tertiary/aromatic N) is 5. The smallest absolute Gasteiger partial charge is 0.395 e. The molecule has 0 unspecified atom stereocenters. The number of benzene rings is 1. The maximum Gasteiger partial charge on any atom is 0.420 e. The quantitative estimate of drug-likeness (QED) is 0.314. The SMILES string of the molecule is CCc1cc(N2CCN(CCO)CC2)ccc1Nc1ncc(C(F)(F)F)c(-c2cc3c(s2)C(=S)N(C)CCS3)n1.COC. The molecule has 0 bridgehead atoms. The number of aromatic nitrogens is 2. The van der Waals surface area contributed by atoms with Crippen LogP contribution in [-0.4, -0.2) is 103 Å². The molecule has 2 aliphatic rings. The highest BCUT2D eigenvalue weighted by Crippen LogP contribution is 2.43. The maximum atomic E-state index is 14.0. The molecule has 43 heavy (non-hydrogen) atoms. The molecule has 1 saturated heterocycles. The lowest BCUT2D eigenvalue weighted by Crippen LogP contribution is -2.47. The Kier molecular flexibility index (Phi) is 11.6. The molecule has 1 fully saturated rings. The second-order valence-electron chi connectivity index (χ2n) is 10.1. The summed E-state index contributed by atoms with van der Waals surface area (Å²) >= 11 is 8.43. The van der Waals surface area contributed by atoms with Gasteiger partial charge in [0.05, 0.1) is 22.1 Å². The number of aliphatic hydroxyl groups is 1. The van der Waals surface area contributed by atoms with Crippen LogP contribution in [0.2, 0.25) is 0 Å². The fraction of sp³-hybridized carbons (Fsp3) is 0.483. The van der Waals surface area contributed by atoms with E-state index in [2.05, 4.69) is 35.9 Å². The van der Waals surface area contributed by atoms with E-state index in [1.165, 1.54) is 11.3 Å². The van der Waals surface area contributed by atoms with Gasteiger partial charge in [0, 0.05) is 88.8 Å². The van der Waals surface area contributed by atoms with Gasteiger partial charge in [-0.3, -0.25) is 4.90 Å². The van der Waals surface area contributed by atoms with Gasteiger partial charge in [0.25, 0.3) is 0 Å². The van der Waals surface area contributed by atoms with Gasteiger partial charge < -0.3 is 25.0 Å². The Morgan fingerprint density at radius 1 is 1.12 bits per heavy atom. The first-order chi connectivity index (χ1) is 20.6. The molecule has 0 atom stereocenters. The number of aliphatic hydroxyl groups excluding tert-OH is 1. The molecule has 2 N–H and O–H groups in total. The fourth-order valence-corrected chi connectivity index (χ4v) is 7.67. The van der Waals surface area contributed by atoms with Crippen molar-refractivity contribution in [3.05, 3.63) is 46.5 Å². The number of alkyl halides is 3. The number of hydrogen-bond donors (Lipinski definition) is 2. The zero-order valence-electron chi connectivity index (χ0n) is 24.7. The highest BCUT2D eigenvalue weighted by molar-refractivity contribution is 7.99. The molecule has 0 spiro atoms. The number of fused-ring (bicyclic) bond motifs is 1. The van der Waals surface area contributed by atoms with Crippen molar-refractivity contribution in [3.63, 3.8) is 0 Å². The van der Waals surface area contributed by atoms with E-state index in [0.29, 0.717) is 16.4 Å². The zero-order valence-corrected chi connectivity index (χ0v) is 27.2. The first kappa shape index (κ1) is 33.4. The predicted molar refractivity (Wildman–Crippen MR) is 173 cm³/mol. The van der Waals surface area contributed by atoms with Crippen molar-refractivity contribution >= 4 is 57.6 Å². The summed E-state index contributed by atoms with van der Waals surface area (Å²) in [5.41, 5.74) is 1.86. The number of anilines is 3. The third kappa shape index (κ3) is 8.17. The lowest BCUT2D eigenvalue weighted by atomic mass is 10.1. The van der Waals surface area contributed by atoms with E-state index in [1.54, 1.807) is 32.0 Å². The molecule has 4 heterocycles. The number of aryl methyl sites for hydroxylation is 1. The summed E-state index contributed by atoms with van der Waals surface area (Å²) in [6.45, 7) is 7.17. The van der Waals surface area contributed by atoms with Gasteiger partial charge in [0.2, 0.25) is 5.95 Å². The molecule has 3 aromatic rings. The van der Waals surface area contributed by atoms with Gasteiger partial charge in [0.15, 0.2) is 0 Å². The predicted octanol–water partition coefficient (Wildman–Crippen LogP) is 5.62. The van der Waals surface area contributed by atoms with Crippen LogP contribution < -0.4 is 10.2 Å². The average molecular weight is 655 g/mol. The topological polar surface area (TPSA) is 77.0 Å². The highest BCUT2D eigenvalue weighted by Gasteiger charge is 2.36. The van der Waals surface area contributed by atoms with Gasteiger partial charge in [-0.15, -0.1) is 23.1 Å². The Hall–Kier alpha value is -2.49. The summed E-state index contributed by atoms with van der Waals surface area (Å²) in [4.78, 5) is 17.7. The standard InChI is InChI=1S/C27H31F3N6OS3.C2H6O/c1-3-17-14-18(36-8-6-35(7-9-36)10-12-37)4-5-20(17)32-26-31-16-19(27(28,29)30)23(33-26)21-15-22-24(40-21)25(38)34(2)11-13-39-22;1-3-2/h4-5,14-16,37H,3,6-13H2,1-2H3,(H,31,32,33);1-2H3. The van der Waals surface area contributed by atoms with Gasteiger partial charge >= 0.3 is 6.18 Å². The van der Waals surface area contributed by atoms with Crippen molar-refractivity contribution in [2.75, 3.05) is 83.1 Å². The third-order valence-electron chi connectivity index (χ3n) is 7.12. The number of thiocarbonyl (C=S) groups is 1. The number of thioether (sulfide) groups is 1. The molecule has 14 heteroatoms. The lowest BCUT2D eigenvalue weighted by molar-refractivity contribution is -0.137. The molecule has 0 amide bonds.